The lowest BCUT2D eigenvalue weighted by Gasteiger charge is -1.98. The van der Waals surface area contributed by atoms with Crippen LogP contribution in [0, 0.1) is 0 Å². The average molecular weight is 252 g/mol. The molecule has 0 aliphatic rings. The summed E-state index contributed by atoms with van der Waals surface area (Å²) in [5.41, 5.74) is 6.94. The van der Waals surface area contributed by atoms with E-state index in [1.54, 1.807) is 12.5 Å². The zero-order valence-corrected chi connectivity index (χ0v) is 9.53. The Kier molecular flexibility index (Phi) is 2.05. The van der Waals surface area contributed by atoms with Gasteiger partial charge >= 0.3 is 0 Å². The molecule has 80 valence electrons. The van der Waals surface area contributed by atoms with Crippen LogP contribution in [0.15, 0.2) is 24.7 Å². The number of anilines is 1. The summed E-state index contributed by atoms with van der Waals surface area (Å²) in [7, 11) is 0. The van der Waals surface area contributed by atoms with E-state index < -0.39 is 0 Å². The highest BCUT2D eigenvalue weighted by Gasteiger charge is 2.08. The number of fused-ring (bicyclic) bond motifs is 1. The van der Waals surface area contributed by atoms with Crippen LogP contribution in [0.2, 0.25) is 4.34 Å². The fraction of sp³-hybridized carbons (Fsp3) is 0. The van der Waals surface area contributed by atoms with Crippen LogP contribution < -0.4 is 5.73 Å². The van der Waals surface area contributed by atoms with Crippen molar-refractivity contribution in [2.24, 2.45) is 0 Å². The van der Waals surface area contributed by atoms with Crippen LogP contribution in [0.1, 0.15) is 0 Å². The lowest BCUT2D eigenvalue weighted by atomic mass is 10.5. The number of hydrogen-bond acceptors (Lipinski definition) is 5. The topological polar surface area (TPSA) is 69.6 Å². The lowest BCUT2D eigenvalue weighted by molar-refractivity contribution is 1.09. The zero-order valence-electron chi connectivity index (χ0n) is 7.96. The van der Waals surface area contributed by atoms with Gasteiger partial charge < -0.3 is 5.73 Å². The van der Waals surface area contributed by atoms with Crippen LogP contribution in [0.3, 0.4) is 0 Å². The Balaban J connectivity index is 2.27. The molecule has 0 saturated carbocycles. The van der Waals surface area contributed by atoms with Crippen molar-refractivity contribution in [3.05, 3.63) is 29.0 Å². The molecule has 0 spiro atoms. The molecule has 7 heteroatoms. The predicted molar refractivity (Wildman–Crippen MR) is 64.0 cm³/mol. The molecule has 0 aliphatic heterocycles. The molecule has 0 unspecified atom stereocenters. The van der Waals surface area contributed by atoms with Gasteiger partial charge in [-0.1, -0.05) is 11.6 Å². The van der Waals surface area contributed by atoms with Crippen molar-refractivity contribution in [2.45, 2.75) is 0 Å². The smallest absolute Gasteiger partial charge is 0.222 e. The maximum Gasteiger partial charge on any atom is 0.222 e. The third kappa shape index (κ3) is 1.43. The number of nitrogens with zero attached hydrogens (tertiary/aromatic N) is 4. The molecule has 0 saturated heterocycles. The van der Waals surface area contributed by atoms with Gasteiger partial charge in [0.15, 0.2) is 5.65 Å². The van der Waals surface area contributed by atoms with Crippen molar-refractivity contribution >= 4 is 40.0 Å². The highest BCUT2D eigenvalue weighted by Crippen LogP contribution is 2.26. The van der Waals surface area contributed by atoms with Gasteiger partial charge in [0.25, 0.3) is 0 Å². The first-order valence-corrected chi connectivity index (χ1v) is 5.65. The molecule has 0 amide bonds. The van der Waals surface area contributed by atoms with Crippen molar-refractivity contribution in [1.82, 2.24) is 19.5 Å². The molecule has 5 nitrogen and oxygen atoms in total. The van der Waals surface area contributed by atoms with E-state index in [1.165, 1.54) is 11.3 Å². The van der Waals surface area contributed by atoms with E-state index in [4.69, 9.17) is 17.3 Å². The summed E-state index contributed by atoms with van der Waals surface area (Å²) in [6.45, 7) is 0. The van der Waals surface area contributed by atoms with Gasteiger partial charge in [-0.2, -0.15) is 4.98 Å². The van der Waals surface area contributed by atoms with E-state index in [9.17, 15) is 0 Å². The Labute approximate surface area is 99.5 Å². The van der Waals surface area contributed by atoms with Gasteiger partial charge in [0.2, 0.25) is 5.95 Å². The summed E-state index contributed by atoms with van der Waals surface area (Å²) in [5, 5.41) is 0.950. The van der Waals surface area contributed by atoms with Crippen LogP contribution in [-0.4, -0.2) is 19.5 Å². The number of hydrogen-bond donors (Lipinski definition) is 1. The van der Waals surface area contributed by atoms with Gasteiger partial charge in [-0.3, -0.25) is 4.57 Å². The Bertz CT molecular complexity index is 659. The van der Waals surface area contributed by atoms with Gasteiger partial charge in [0.05, 0.1) is 10.5 Å². The average Bonchev–Trinajstić information content (AvgIpc) is 2.83. The third-order valence-electron chi connectivity index (χ3n) is 2.11. The number of thiophene rings is 1. The Hall–Kier alpha value is -1.66. The highest BCUT2D eigenvalue weighted by molar-refractivity contribution is 7.18. The van der Waals surface area contributed by atoms with E-state index in [1.807, 2.05) is 16.7 Å². The summed E-state index contributed by atoms with van der Waals surface area (Å²) in [6.07, 6.45) is 3.28. The van der Waals surface area contributed by atoms with Crippen molar-refractivity contribution in [2.75, 3.05) is 5.73 Å². The minimum absolute atomic E-state index is 0.233. The van der Waals surface area contributed by atoms with E-state index in [0.29, 0.717) is 11.2 Å². The second kappa shape index (κ2) is 3.43. The van der Waals surface area contributed by atoms with Crippen LogP contribution in [-0.2, 0) is 0 Å². The minimum atomic E-state index is 0.233. The molecule has 0 aromatic carbocycles. The van der Waals surface area contributed by atoms with Crippen molar-refractivity contribution in [1.29, 1.82) is 0 Å². The molecule has 3 aromatic rings. The number of aromatic nitrogens is 4. The van der Waals surface area contributed by atoms with Gasteiger partial charge in [-0.05, 0) is 12.1 Å². The summed E-state index contributed by atoms with van der Waals surface area (Å²) >= 11 is 7.34. The molecule has 0 atom stereocenters. The Morgan fingerprint density at radius 1 is 1.31 bits per heavy atom. The molecule has 3 rings (SSSR count). The molecule has 3 heterocycles. The van der Waals surface area contributed by atoms with Crippen LogP contribution in [0.25, 0.3) is 16.2 Å². The summed E-state index contributed by atoms with van der Waals surface area (Å²) in [5.74, 6) is 0.233. The van der Waals surface area contributed by atoms with Gasteiger partial charge in [-0.15, -0.1) is 11.3 Å². The number of rotatable bonds is 1. The summed E-state index contributed by atoms with van der Waals surface area (Å²) in [6, 6.07) is 3.74. The summed E-state index contributed by atoms with van der Waals surface area (Å²) in [4.78, 5) is 12.2. The van der Waals surface area contributed by atoms with Crippen LogP contribution >= 0.6 is 22.9 Å². The SMILES string of the molecule is Nc1ncc2ncn(-c3ccc(Cl)s3)c2n1. The van der Waals surface area contributed by atoms with Gasteiger partial charge in [0, 0.05) is 0 Å². The van der Waals surface area contributed by atoms with Gasteiger partial charge in [-0.25, -0.2) is 9.97 Å². The summed E-state index contributed by atoms with van der Waals surface area (Å²) < 4.78 is 2.56. The molecular weight excluding hydrogens is 246 g/mol. The first-order chi connectivity index (χ1) is 7.74. The molecule has 0 radical (unpaired) electrons. The maximum absolute atomic E-state index is 5.89. The zero-order chi connectivity index (χ0) is 11.1. The molecule has 0 aliphatic carbocycles. The third-order valence-corrected chi connectivity index (χ3v) is 3.34. The Morgan fingerprint density at radius 2 is 2.19 bits per heavy atom. The largest absolute Gasteiger partial charge is 0.368 e. The fourth-order valence-electron chi connectivity index (χ4n) is 1.42. The lowest BCUT2D eigenvalue weighted by Crippen LogP contribution is -1.97. The monoisotopic (exact) mass is 251 g/mol. The predicted octanol–water partition coefficient (Wildman–Crippen LogP) is 2.11. The van der Waals surface area contributed by atoms with Gasteiger partial charge in [0.1, 0.15) is 16.8 Å². The quantitative estimate of drug-likeness (QED) is 0.719. The molecular formula is C9H6ClN5S. The van der Waals surface area contributed by atoms with Crippen molar-refractivity contribution < 1.29 is 0 Å². The van der Waals surface area contributed by atoms with Crippen LogP contribution in [0.4, 0.5) is 5.95 Å². The molecule has 3 aromatic heterocycles. The second-order valence-corrected chi connectivity index (χ2v) is 4.82. The fourth-order valence-corrected chi connectivity index (χ4v) is 2.42. The highest BCUT2D eigenvalue weighted by atomic mass is 35.5. The first kappa shape index (κ1) is 9.56. The van der Waals surface area contributed by atoms with E-state index >= 15 is 0 Å². The maximum atomic E-state index is 5.89. The van der Waals surface area contributed by atoms with E-state index in [2.05, 4.69) is 15.0 Å². The Morgan fingerprint density at radius 3 is 2.94 bits per heavy atom. The van der Waals surface area contributed by atoms with E-state index in [0.717, 1.165) is 9.34 Å². The van der Waals surface area contributed by atoms with Crippen molar-refractivity contribution in [3.63, 3.8) is 0 Å². The molecule has 16 heavy (non-hydrogen) atoms. The molecule has 2 N–H and O–H groups in total. The first-order valence-electron chi connectivity index (χ1n) is 4.45. The minimum Gasteiger partial charge on any atom is -0.368 e. The van der Waals surface area contributed by atoms with E-state index in [-0.39, 0.29) is 5.95 Å². The standard InChI is InChI=1S/C9H6ClN5S/c10-6-1-2-7(16-6)15-4-13-5-3-12-9(11)14-8(5)15/h1-4H,(H2,11,12,14). The molecule has 0 bridgehead atoms. The number of nitrogen functional groups attached to an aromatic ring is 1. The second-order valence-electron chi connectivity index (χ2n) is 3.13. The normalized spacial score (nSPS) is 11.1. The number of nitrogens with two attached hydrogens (primary N) is 1. The van der Waals surface area contributed by atoms with Crippen LogP contribution in [0.5, 0.6) is 0 Å². The van der Waals surface area contributed by atoms with Crippen molar-refractivity contribution in [3.8, 4) is 5.00 Å². The number of halogens is 1. The molecule has 0 fully saturated rings. The number of imidazole rings is 1.